The Labute approximate surface area is 126 Å². The van der Waals surface area contributed by atoms with Crippen LogP contribution < -0.4 is 10.9 Å². The average molecular weight is 300 g/mol. The number of hydrogen-bond acceptors (Lipinski definition) is 3. The second-order valence-electron chi connectivity index (χ2n) is 5.66. The second-order valence-corrected chi connectivity index (χ2v) is 5.66. The highest BCUT2D eigenvalue weighted by Crippen LogP contribution is 2.27. The first-order chi connectivity index (χ1) is 10.5. The molecular weight excluding hydrogens is 284 g/mol. The number of aromatic nitrogens is 1. The molecule has 0 unspecified atom stereocenters. The minimum Gasteiger partial charge on any atom is -0.481 e. The van der Waals surface area contributed by atoms with Crippen LogP contribution in [0.4, 0.5) is 0 Å². The van der Waals surface area contributed by atoms with Gasteiger partial charge in [-0.2, -0.15) is 0 Å². The van der Waals surface area contributed by atoms with Crippen molar-refractivity contribution >= 4 is 22.8 Å². The van der Waals surface area contributed by atoms with E-state index in [2.05, 4.69) is 5.32 Å². The Balaban J connectivity index is 1.84. The van der Waals surface area contributed by atoms with E-state index in [1.165, 1.54) is 4.57 Å². The van der Waals surface area contributed by atoms with Gasteiger partial charge in [-0.05, 0) is 30.4 Å². The number of hydrogen-bond donors (Lipinski definition) is 2. The van der Waals surface area contributed by atoms with Crippen LogP contribution in [0.25, 0.3) is 10.9 Å². The number of nitrogens with one attached hydrogen (secondary N) is 1. The third kappa shape index (κ3) is 2.36. The highest BCUT2D eigenvalue weighted by molar-refractivity contribution is 5.97. The van der Waals surface area contributed by atoms with Crippen LogP contribution in [0.15, 0.2) is 35.1 Å². The van der Waals surface area contributed by atoms with Crippen LogP contribution in [0.3, 0.4) is 0 Å². The summed E-state index contributed by atoms with van der Waals surface area (Å²) < 4.78 is 1.45. The summed E-state index contributed by atoms with van der Waals surface area (Å²) in [7, 11) is 1.63. The molecule has 1 aliphatic carbocycles. The molecule has 0 bridgehead atoms. The van der Waals surface area contributed by atoms with Gasteiger partial charge in [0, 0.05) is 13.1 Å². The second kappa shape index (κ2) is 5.29. The molecule has 1 aromatic heterocycles. The standard InChI is InChI=1S/C16H16N2O4/c1-18-13-5-3-2-4-9(13)8-12(15(18)20)14(19)17-11-6-10(7-11)16(21)22/h2-5,8,10-11H,6-7H2,1H3,(H,17,19)(H,21,22). The maximum atomic E-state index is 12.3. The summed E-state index contributed by atoms with van der Waals surface area (Å²) in [5.74, 6) is -1.68. The van der Waals surface area contributed by atoms with Gasteiger partial charge in [-0.1, -0.05) is 18.2 Å². The molecule has 0 radical (unpaired) electrons. The van der Waals surface area contributed by atoms with Crippen LogP contribution >= 0.6 is 0 Å². The molecule has 1 aliphatic rings. The Morgan fingerprint density at radius 3 is 2.64 bits per heavy atom. The first-order valence-electron chi connectivity index (χ1n) is 7.10. The van der Waals surface area contributed by atoms with Gasteiger partial charge < -0.3 is 15.0 Å². The zero-order valence-corrected chi connectivity index (χ0v) is 12.1. The van der Waals surface area contributed by atoms with Crippen molar-refractivity contribution in [1.82, 2.24) is 9.88 Å². The number of amides is 1. The molecule has 6 nitrogen and oxygen atoms in total. The SMILES string of the molecule is Cn1c(=O)c(C(=O)NC2CC(C(=O)O)C2)cc2ccccc21. The third-order valence-corrected chi connectivity index (χ3v) is 4.20. The summed E-state index contributed by atoms with van der Waals surface area (Å²) in [6.07, 6.45) is 0.823. The number of carbonyl (C=O) groups is 2. The van der Waals surface area contributed by atoms with Gasteiger partial charge in [0.1, 0.15) is 5.56 Å². The molecule has 1 saturated carbocycles. The van der Waals surface area contributed by atoms with E-state index in [-0.39, 0.29) is 17.2 Å². The van der Waals surface area contributed by atoms with E-state index in [4.69, 9.17) is 5.11 Å². The summed E-state index contributed by atoms with van der Waals surface area (Å²) in [4.78, 5) is 35.3. The normalized spacial score (nSPS) is 20.4. The van der Waals surface area contributed by atoms with E-state index < -0.39 is 17.8 Å². The van der Waals surface area contributed by atoms with Crippen molar-refractivity contribution < 1.29 is 14.7 Å². The molecule has 0 aliphatic heterocycles. The summed E-state index contributed by atoms with van der Waals surface area (Å²) >= 11 is 0. The molecule has 2 aromatic rings. The van der Waals surface area contributed by atoms with Crippen LogP contribution in [0, 0.1) is 5.92 Å². The van der Waals surface area contributed by atoms with Gasteiger partial charge in [0.25, 0.3) is 11.5 Å². The number of rotatable bonds is 3. The topological polar surface area (TPSA) is 88.4 Å². The molecular formula is C16H16N2O4. The zero-order chi connectivity index (χ0) is 15.9. The number of para-hydroxylation sites is 1. The first-order valence-corrected chi connectivity index (χ1v) is 7.10. The van der Waals surface area contributed by atoms with Crippen molar-refractivity contribution in [2.24, 2.45) is 13.0 Å². The summed E-state index contributed by atoms with van der Waals surface area (Å²) in [5, 5.41) is 12.4. The fraction of sp³-hybridized carbons (Fsp3) is 0.312. The van der Waals surface area contributed by atoms with E-state index >= 15 is 0 Å². The molecule has 0 saturated heterocycles. The number of carbonyl (C=O) groups excluding carboxylic acids is 1. The lowest BCUT2D eigenvalue weighted by Gasteiger charge is -2.32. The van der Waals surface area contributed by atoms with Gasteiger partial charge in [0.15, 0.2) is 0 Å². The molecule has 114 valence electrons. The van der Waals surface area contributed by atoms with Crippen LogP contribution in [0.2, 0.25) is 0 Å². The Bertz CT molecular complexity index is 818. The van der Waals surface area contributed by atoms with Gasteiger partial charge >= 0.3 is 5.97 Å². The van der Waals surface area contributed by atoms with E-state index in [1.807, 2.05) is 24.3 Å². The van der Waals surface area contributed by atoms with E-state index in [9.17, 15) is 14.4 Å². The summed E-state index contributed by atoms with van der Waals surface area (Å²) in [5.41, 5.74) is 0.490. The number of carboxylic acid groups (broad SMARTS) is 1. The molecule has 22 heavy (non-hydrogen) atoms. The number of fused-ring (bicyclic) bond motifs is 1. The van der Waals surface area contributed by atoms with Crippen molar-refractivity contribution in [1.29, 1.82) is 0 Å². The maximum absolute atomic E-state index is 12.3. The summed E-state index contributed by atoms with van der Waals surface area (Å²) in [6, 6.07) is 8.75. The number of benzene rings is 1. The van der Waals surface area contributed by atoms with Crippen molar-refractivity contribution in [2.75, 3.05) is 0 Å². The van der Waals surface area contributed by atoms with Gasteiger partial charge in [-0.3, -0.25) is 14.4 Å². The lowest BCUT2D eigenvalue weighted by Crippen LogP contribution is -2.47. The Morgan fingerprint density at radius 2 is 1.95 bits per heavy atom. The molecule has 0 atom stereocenters. The fourth-order valence-electron chi connectivity index (χ4n) is 2.79. The molecule has 0 spiro atoms. The lowest BCUT2D eigenvalue weighted by molar-refractivity contribution is -0.145. The molecule has 3 rings (SSSR count). The van der Waals surface area contributed by atoms with Crippen LogP contribution in [0.1, 0.15) is 23.2 Å². The molecule has 1 fully saturated rings. The number of aryl methyl sites for hydroxylation is 1. The minimum atomic E-state index is -0.841. The predicted molar refractivity (Wildman–Crippen MR) is 80.8 cm³/mol. The fourth-order valence-corrected chi connectivity index (χ4v) is 2.79. The van der Waals surface area contributed by atoms with Crippen molar-refractivity contribution in [3.8, 4) is 0 Å². The van der Waals surface area contributed by atoms with E-state index in [0.717, 1.165) is 10.9 Å². The third-order valence-electron chi connectivity index (χ3n) is 4.20. The zero-order valence-electron chi connectivity index (χ0n) is 12.1. The maximum Gasteiger partial charge on any atom is 0.306 e. The highest BCUT2D eigenvalue weighted by atomic mass is 16.4. The summed E-state index contributed by atoms with van der Waals surface area (Å²) in [6.45, 7) is 0. The first kappa shape index (κ1) is 14.3. The van der Waals surface area contributed by atoms with E-state index in [1.54, 1.807) is 13.1 Å². The van der Waals surface area contributed by atoms with Crippen LogP contribution in [-0.2, 0) is 11.8 Å². The van der Waals surface area contributed by atoms with Crippen molar-refractivity contribution in [2.45, 2.75) is 18.9 Å². The highest BCUT2D eigenvalue weighted by Gasteiger charge is 2.35. The molecule has 1 amide bonds. The van der Waals surface area contributed by atoms with Crippen molar-refractivity contribution in [3.63, 3.8) is 0 Å². The van der Waals surface area contributed by atoms with Crippen LogP contribution in [0.5, 0.6) is 0 Å². The Hall–Kier alpha value is -2.63. The van der Waals surface area contributed by atoms with E-state index in [0.29, 0.717) is 12.8 Å². The number of aliphatic carboxylic acids is 1. The van der Waals surface area contributed by atoms with Gasteiger partial charge in [0.2, 0.25) is 0 Å². The average Bonchev–Trinajstić information content (AvgIpc) is 2.45. The van der Waals surface area contributed by atoms with Crippen LogP contribution in [-0.4, -0.2) is 27.6 Å². The minimum absolute atomic E-state index is 0.0833. The van der Waals surface area contributed by atoms with Crippen molar-refractivity contribution in [3.05, 3.63) is 46.2 Å². The number of pyridine rings is 1. The predicted octanol–water partition coefficient (Wildman–Crippen LogP) is 1.13. The Kier molecular flexibility index (Phi) is 3.44. The Morgan fingerprint density at radius 1 is 1.27 bits per heavy atom. The molecule has 1 heterocycles. The number of nitrogens with zero attached hydrogens (tertiary/aromatic N) is 1. The largest absolute Gasteiger partial charge is 0.481 e. The quantitative estimate of drug-likeness (QED) is 0.889. The monoisotopic (exact) mass is 300 g/mol. The molecule has 6 heteroatoms. The molecule has 2 N–H and O–H groups in total. The van der Waals surface area contributed by atoms with Gasteiger partial charge in [0.05, 0.1) is 11.4 Å². The van der Waals surface area contributed by atoms with Gasteiger partial charge in [-0.25, -0.2) is 0 Å². The smallest absolute Gasteiger partial charge is 0.306 e. The molecule has 1 aromatic carbocycles. The lowest BCUT2D eigenvalue weighted by atomic mass is 9.80. The van der Waals surface area contributed by atoms with Gasteiger partial charge in [-0.15, -0.1) is 0 Å². The number of carboxylic acids is 1.